The van der Waals surface area contributed by atoms with Crippen LogP contribution in [0.2, 0.25) is 0 Å². The molecular weight excluding hydrogens is 497 g/mol. The molecule has 0 spiro atoms. The van der Waals surface area contributed by atoms with Gasteiger partial charge in [-0.2, -0.15) is 9.40 Å². The number of amides is 1. The van der Waals surface area contributed by atoms with E-state index in [1.165, 1.54) is 22.5 Å². The quantitative estimate of drug-likeness (QED) is 0.435. The molecule has 12 heteroatoms. The summed E-state index contributed by atoms with van der Waals surface area (Å²) in [4.78, 5) is 17.5. The second-order valence-corrected chi connectivity index (χ2v) is 11.8. The van der Waals surface area contributed by atoms with Crippen molar-refractivity contribution in [3.05, 3.63) is 65.1 Å². The summed E-state index contributed by atoms with van der Waals surface area (Å²) >= 11 is 0. The zero-order valence-corrected chi connectivity index (χ0v) is 21.8. The minimum atomic E-state index is -4.02. The number of piperazine rings is 1. The maximum Gasteiger partial charge on any atom is 0.258 e. The van der Waals surface area contributed by atoms with Crippen molar-refractivity contribution in [1.82, 2.24) is 19.4 Å². The number of fused-ring (bicyclic) bond motifs is 1. The van der Waals surface area contributed by atoms with Gasteiger partial charge in [0.25, 0.3) is 5.91 Å². The fraction of sp³-hybridized carbons (Fsp3) is 0.360. The second-order valence-electron chi connectivity index (χ2n) is 9.97. The first-order valence-corrected chi connectivity index (χ1v) is 13.4. The number of anilines is 3. The van der Waals surface area contributed by atoms with Crippen LogP contribution in [0, 0.1) is 5.82 Å². The molecule has 3 heterocycles. The van der Waals surface area contributed by atoms with Crippen molar-refractivity contribution >= 4 is 33.1 Å². The molecule has 1 fully saturated rings. The van der Waals surface area contributed by atoms with Crippen LogP contribution in [0.1, 0.15) is 35.5 Å². The molecule has 196 valence electrons. The third kappa shape index (κ3) is 4.45. The van der Waals surface area contributed by atoms with E-state index < -0.39 is 27.3 Å². The zero-order chi connectivity index (χ0) is 26.5. The predicted octanol–water partition coefficient (Wildman–Crippen LogP) is 2.57. The van der Waals surface area contributed by atoms with Crippen LogP contribution in [0.4, 0.5) is 21.6 Å². The number of H-pyrrole nitrogens is 1. The van der Waals surface area contributed by atoms with Crippen molar-refractivity contribution in [3.8, 4) is 0 Å². The number of nitrogens with two attached hydrogens (primary N) is 1. The number of nitrogens with zero attached hydrogens (tertiary/aromatic N) is 4. The summed E-state index contributed by atoms with van der Waals surface area (Å²) in [5.41, 5.74) is 7.96. The summed E-state index contributed by atoms with van der Waals surface area (Å²) in [6.07, 6.45) is 0. The van der Waals surface area contributed by atoms with Crippen LogP contribution >= 0.6 is 0 Å². The number of nitrogen functional groups attached to an aromatic ring is 1. The Labute approximate surface area is 215 Å². The molecule has 1 aromatic heterocycles. The Hall–Kier alpha value is -3.48. The minimum Gasteiger partial charge on any atom is -0.398 e. The number of carbonyl (C=O) groups is 1. The van der Waals surface area contributed by atoms with Gasteiger partial charge in [0, 0.05) is 49.7 Å². The van der Waals surface area contributed by atoms with Crippen LogP contribution in [-0.4, -0.2) is 67.0 Å². The van der Waals surface area contributed by atoms with Crippen LogP contribution in [0.15, 0.2) is 47.4 Å². The van der Waals surface area contributed by atoms with E-state index in [1.807, 2.05) is 6.07 Å². The van der Waals surface area contributed by atoms with E-state index >= 15 is 0 Å². The predicted molar refractivity (Wildman–Crippen MR) is 139 cm³/mol. The van der Waals surface area contributed by atoms with Gasteiger partial charge in [-0.1, -0.05) is 6.07 Å². The number of aromatic nitrogens is 2. The fourth-order valence-electron chi connectivity index (χ4n) is 4.93. The van der Waals surface area contributed by atoms with Gasteiger partial charge in [0.1, 0.15) is 5.82 Å². The number of benzene rings is 2. The number of carbonyl (C=O) groups excluding carboxylic acids is 1. The zero-order valence-electron chi connectivity index (χ0n) is 21.0. The maximum atomic E-state index is 13.8. The van der Waals surface area contributed by atoms with Gasteiger partial charge < -0.3 is 20.9 Å². The summed E-state index contributed by atoms with van der Waals surface area (Å²) in [6, 6.07) is 10.3. The van der Waals surface area contributed by atoms with Crippen molar-refractivity contribution in [2.75, 3.05) is 49.2 Å². The first-order chi connectivity index (χ1) is 17.5. The molecule has 0 atom stereocenters. The Morgan fingerprint density at radius 2 is 1.86 bits per heavy atom. The molecule has 1 saturated heterocycles. The van der Waals surface area contributed by atoms with E-state index in [2.05, 4.69) is 32.4 Å². The van der Waals surface area contributed by atoms with Crippen LogP contribution < -0.4 is 16.0 Å². The highest BCUT2D eigenvalue weighted by molar-refractivity contribution is 7.89. The normalized spacial score (nSPS) is 18.1. The smallest absolute Gasteiger partial charge is 0.258 e. The molecule has 1 amide bonds. The molecule has 2 aliphatic rings. The molecule has 0 radical (unpaired) electrons. The van der Waals surface area contributed by atoms with Crippen LogP contribution in [-0.2, 0) is 22.1 Å². The minimum absolute atomic E-state index is 0.0366. The third-order valence-electron chi connectivity index (χ3n) is 7.17. The lowest BCUT2D eigenvalue weighted by atomic mass is 10.0. The average molecular weight is 528 g/mol. The summed E-state index contributed by atoms with van der Waals surface area (Å²) in [5.74, 6) is -0.851. The molecule has 0 unspecified atom stereocenters. The van der Waals surface area contributed by atoms with E-state index in [0.29, 0.717) is 22.5 Å². The Balaban J connectivity index is 1.36. The number of hydrogen-bond acceptors (Lipinski definition) is 7. The van der Waals surface area contributed by atoms with Crippen LogP contribution in [0.25, 0.3) is 0 Å². The Morgan fingerprint density at radius 3 is 2.54 bits per heavy atom. The van der Waals surface area contributed by atoms with Gasteiger partial charge in [0.05, 0.1) is 21.7 Å². The van der Waals surface area contributed by atoms with Crippen molar-refractivity contribution in [3.63, 3.8) is 0 Å². The van der Waals surface area contributed by atoms with Gasteiger partial charge in [-0.15, -0.1) is 0 Å². The van der Waals surface area contributed by atoms with Crippen LogP contribution in [0.3, 0.4) is 0 Å². The Morgan fingerprint density at radius 1 is 1.14 bits per heavy atom. The molecule has 0 bridgehead atoms. The molecule has 37 heavy (non-hydrogen) atoms. The molecule has 2 aromatic carbocycles. The van der Waals surface area contributed by atoms with Gasteiger partial charge in [0.2, 0.25) is 10.0 Å². The molecule has 3 aromatic rings. The van der Waals surface area contributed by atoms with Crippen molar-refractivity contribution in [2.45, 2.75) is 30.8 Å². The van der Waals surface area contributed by atoms with E-state index in [0.717, 1.165) is 37.9 Å². The molecule has 4 N–H and O–H groups in total. The number of rotatable bonds is 5. The molecule has 10 nitrogen and oxygen atoms in total. The standard InChI is InChI=1S/C25H30FN7O3S/c1-25(2)22-20(15-33(25)37(35,36)18-6-4-5-16(26)13-18)23(30-29-22)28-24(34)19-8-7-17(14-21(19)27)32-11-9-31(3)10-12-32/h4-8,13-14H,9-12,15,27H2,1-3H3,(H2,28,29,30,34). The van der Waals surface area contributed by atoms with Crippen molar-refractivity contribution in [1.29, 1.82) is 0 Å². The number of hydrogen-bond donors (Lipinski definition) is 3. The monoisotopic (exact) mass is 527 g/mol. The highest BCUT2D eigenvalue weighted by Gasteiger charge is 2.47. The largest absolute Gasteiger partial charge is 0.398 e. The maximum absolute atomic E-state index is 13.8. The lowest BCUT2D eigenvalue weighted by Crippen LogP contribution is -2.44. The van der Waals surface area contributed by atoms with Gasteiger partial charge in [-0.05, 0) is 57.3 Å². The summed E-state index contributed by atoms with van der Waals surface area (Å²) < 4.78 is 41.8. The first-order valence-electron chi connectivity index (χ1n) is 12.0. The number of sulfonamides is 1. The highest BCUT2D eigenvalue weighted by Crippen LogP contribution is 2.43. The molecule has 2 aliphatic heterocycles. The van der Waals surface area contributed by atoms with E-state index in [9.17, 15) is 17.6 Å². The highest BCUT2D eigenvalue weighted by atomic mass is 32.2. The summed E-state index contributed by atoms with van der Waals surface area (Å²) in [5, 5.41) is 9.90. The van der Waals surface area contributed by atoms with Gasteiger partial charge >= 0.3 is 0 Å². The Bertz CT molecular complexity index is 1460. The molecule has 0 aliphatic carbocycles. The van der Waals surface area contributed by atoms with Gasteiger partial charge in [-0.25, -0.2) is 12.8 Å². The molecular formula is C25H30FN7O3S. The lowest BCUT2D eigenvalue weighted by Gasteiger charge is -2.34. The van der Waals surface area contributed by atoms with Gasteiger partial charge in [-0.3, -0.25) is 9.89 Å². The van der Waals surface area contributed by atoms with Crippen molar-refractivity contribution < 1.29 is 17.6 Å². The first kappa shape index (κ1) is 25.2. The fourth-order valence-corrected chi connectivity index (χ4v) is 6.69. The van der Waals surface area contributed by atoms with Gasteiger partial charge in [0.15, 0.2) is 5.82 Å². The number of aromatic amines is 1. The number of nitrogens with one attached hydrogen (secondary N) is 2. The molecule has 5 rings (SSSR count). The number of halogens is 1. The second kappa shape index (κ2) is 9.12. The van der Waals surface area contributed by atoms with E-state index in [4.69, 9.17) is 5.73 Å². The average Bonchev–Trinajstić information content (AvgIpc) is 3.37. The van der Waals surface area contributed by atoms with Crippen molar-refractivity contribution in [2.24, 2.45) is 0 Å². The lowest BCUT2D eigenvalue weighted by molar-refractivity contribution is 0.102. The van der Waals surface area contributed by atoms with Crippen LogP contribution in [0.5, 0.6) is 0 Å². The topological polar surface area (TPSA) is 128 Å². The summed E-state index contributed by atoms with van der Waals surface area (Å²) in [6.45, 7) is 7.09. The molecule has 0 saturated carbocycles. The SMILES string of the molecule is CN1CCN(c2ccc(C(=O)Nc3n[nH]c4c3CN(S(=O)(=O)c3cccc(F)c3)C4(C)C)c(N)c2)CC1. The Kier molecular flexibility index (Phi) is 6.21. The van der Waals surface area contributed by atoms with E-state index in [1.54, 1.807) is 26.0 Å². The summed E-state index contributed by atoms with van der Waals surface area (Å²) in [7, 11) is -1.94. The number of likely N-dealkylation sites (N-methyl/N-ethyl adjacent to an activating group) is 1. The van der Waals surface area contributed by atoms with E-state index in [-0.39, 0.29) is 17.3 Å². The third-order valence-corrected chi connectivity index (χ3v) is 9.18.